The summed E-state index contributed by atoms with van der Waals surface area (Å²) in [5, 5.41) is 8.77. The quantitative estimate of drug-likeness (QED) is 0.508. The molecule has 1 N–H and O–H groups in total. The van der Waals surface area contributed by atoms with Crippen molar-refractivity contribution in [3.8, 4) is 5.75 Å². The minimum atomic E-state index is -1.32. The van der Waals surface area contributed by atoms with Gasteiger partial charge in [-0.05, 0) is 11.6 Å². The Labute approximate surface area is 111 Å². The van der Waals surface area contributed by atoms with Crippen molar-refractivity contribution in [2.75, 3.05) is 0 Å². The first kappa shape index (κ1) is 12.9. The summed E-state index contributed by atoms with van der Waals surface area (Å²) in [5.74, 6) is 0.237. The van der Waals surface area contributed by atoms with Gasteiger partial charge in [-0.1, -0.05) is 54.6 Å². The molecule has 3 nitrogen and oxygen atoms in total. The lowest BCUT2D eigenvalue weighted by atomic mass is 9.91. The summed E-state index contributed by atoms with van der Waals surface area (Å²) < 4.78 is 4.82. The Balaban J connectivity index is 2.44. The second-order valence-corrected chi connectivity index (χ2v) is 4.03. The molecule has 0 amide bonds. The van der Waals surface area contributed by atoms with Gasteiger partial charge in [-0.25, -0.2) is 4.79 Å². The van der Waals surface area contributed by atoms with Gasteiger partial charge in [-0.3, -0.25) is 0 Å². The Kier molecular flexibility index (Phi) is 3.98. The van der Waals surface area contributed by atoms with Crippen LogP contribution in [0.15, 0.2) is 67.3 Å². The van der Waals surface area contributed by atoms with Crippen LogP contribution < -0.4 is 4.74 Å². The standard InChI is InChI=1S/C16H14O3/c1-2-13(12-8-4-3-5-9-12)14-10-6-7-11-15(14)19-16(17)18/h2-11,13H,1H2,(H,17,18). The van der Waals surface area contributed by atoms with Gasteiger partial charge in [0, 0.05) is 11.5 Å². The molecule has 0 heterocycles. The van der Waals surface area contributed by atoms with E-state index < -0.39 is 6.16 Å². The van der Waals surface area contributed by atoms with Gasteiger partial charge in [0.05, 0.1) is 0 Å². The molecule has 0 bridgehead atoms. The fourth-order valence-corrected chi connectivity index (χ4v) is 2.03. The van der Waals surface area contributed by atoms with E-state index in [0.29, 0.717) is 5.75 Å². The summed E-state index contributed by atoms with van der Waals surface area (Å²) in [5.41, 5.74) is 1.82. The lowest BCUT2D eigenvalue weighted by molar-refractivity contribution is 0.144. The van der Waals surface area contributed by atoms with Crippen molar-refractivity contribution in [2.45, 2.75) is 5.92 Å². The second kappa shape index (κ2) is 5.87. The normalized spacial score (nSPS) is 11.6. The van der Waals surface area contributed by atoms with Gasteiger partial charge in [0.1, 0.15) is 5.75 Å². The third-order valence-electron chi connectivity index (χ3n) is 2.85. The van der Waals surface area contributed by atoms with Gasteiger partial charge in [0.2, 0.25) is 0 Å². The van der Waals surface area contributed by atoms with E-state index in [1.807, 2.05) is 42.5 Å². The fourth-order valence-electron chi connectivity index (χ4n) is 2.03. The Morgan fingerprint density at radius 3 is 2.37 bits per heavy atom. The summed E-state index contributed by atoms with van der Waals surface area (Å²) in [7, 11) is 0. The van der Waals surface area contributed by atoms with E-state index in [1.54, 1.807) is 18.2 Å². The van der Waals surface area contributed by atoms with Crippen LogP contribution in [0.4, 0.5) is 4.79 Å². The van der Waals surface area contributed by atoms with E-state index in [2.05, 4.69) is 6.58 Å². The van der Waals surface area contributed by atoms with E-state index >= 15 is 0 Å². The van der Waals surface area contributed by atoms with Gasteiger partial charge in [-0.15, -0.1) is 6.58 Å². The van der Waals surface area contributed by atoms with E-state index in [4.69, 9.17) is 9.84 Å². The highest BCUT2D eigenvalue weighted by Gasteiger charge is 2.16. The van der Waals surface area contributed by atoms with Crippen molar-refractivity contribution in [1.29, 1.82) is 0 Å². The topological polar surface area (TPSA) is 46.5 Å². The Morgan fingerprint density at radius 1 is 1.11 bits per heavy atom. The number of hydrogen-bond donors (Lipinski definition) is 1. The molecule has 1 unspecified atom stereocenters. The molecular weight excluding hydrogens is 240 g/mol. The molecule has 0 saturated carbocycles. The van der Waals surface area contributed by atoms with Gasteiger partial charge in [0.25, 0.3) is 0 Å². The largest absolute Gasteiger partial charge is 0.511 e. The maximum absolute atomic E-state index is 10.7. The van der Waals surface area contributed by atoms with Gasteiger partial charge >= 0.3 is 6.16 Å². The maximum Gasteiger partial charge on any atom is 0.511 e. The van der Waals surface area contributed by atoms with Crippen LogP contribution in [0.1, 0.15) is 17.0 Å². The monoisotopic (exact) mass is 254 g/mol. The molecular formula is C16H14O3. The zero-order valence-corrected chi connectivity index (χ0v) is 10.3. The first-order valence-corrected chi connectivity index (χ1v) is 5.89. The molecule has 96 valence electrons. The highest BCUT2D eigenvalue weighted by molar-refractivity contribution is 5.62. The average Bonchev–Trinajstić information content (AvgIpc) is 2.42. The molecule has 2 aromatic carbocycles. The van der Waals surface area contributed by atoms with Crippen LogP contribution >= 0.6 is 0 Å². The van der Waals surface area contributed by atoms with Crippen LogP contribution in [0.2, 0.25) is 0 Å². The maximum atomic E-state index is 10.7. The number of carbonyl (C=O) groups is 1. The van der Waals surface area contributed by atoms with E-state index in [0.717, 1.165) is 11.1 Å². The third kappa shape index (κ3) is 3.01. The highest BCUT2D eigenvalue weighted by Crippen LogP contribution is 2.32. The smallest absolute Gasteiger partial charge is 0.449 e. The molecule has 0 radical (unpaired) electrons. The predicted molar refractivity (Wildman–Crippen MR) is 73.6 cm³/mol. The number of para-hydroxylation sites is 1. The van der Waals surface area contributed by atoms with E-state index in [9.17, 15) is 4.79 Å². The molecule has 2 rings (SSSR count). The van der Waals surface area contributed by atoms with Crippen LogP contribution in [0.5, 0.6) is 5.75 Å². The Hall–Kier alpha value is -2.55. The number of rotatable bonds is 4. The van der Waals surface area contributed by atoms with Crippen LogP contribution in [-0.2, 0) is 0 Å². The number of ether oxygens (including phenoxy) is 1. The number of hydrogen-bond acceptors (Lipinski definition) is 2. The van der Waals surface area contributed by atoms with Gasteiger partial charge in [-0.2, -0.15) is 0 Å². The van der Waals surface area contributed by atoms with Crippen molar-refractivity contribution >= 4 is 6.16 Å². The summed E-state index contributed by atoms with van der Waals surface area (Å²) >= 11 is 0. The van der Waals surface area contributed by atoms with Crippen LogP contribution in [0.3, 0.4) is 0 Å². The SMILES string of the molecule is C=CC(c1ccccc1)c1ccccc1OC(=O)O. The van der Waals surface area contributed by atoms with Crippen LogP contribution in [-0.4, -0.2) is 11.3 Å². The molecule has 0 aliphatic rings. The zero-order valence-electron chi connectivity index (χ0n) is 10.3. The minimum absolute atomic E-state index is 0.100. The van der Waals surface area contributed by atoms with Gasteiger partial charge in [0.15, 0.2) is 0 Å². The second-order valence-electron chi connectivity index (χ2n) is 4.03. The fraction of sp³-hybridized carbons (Fsp3) is 0.0625. The molecule has 0 aliphatic carbocycles. The summed E-state index contributed by atoms with van der Waals surface area (Å²) in [6.45, 7) is 3.83. The molecule has 0 spiro atoms. The molecule has 0 aromatic heterocycles. The number of carboxylic acid groups (broad SMARTS) is 1. The Morgan fingerprint density at radius 2 is 1.74 bits per heavy atom. The van der Waals surface area contributed by atoms with E-state index in [-0.39, 0.29) is 5.92 Å². The van der Waals surface area contributed by atoms with Gasteiger partial charge < -0.3 is 9.84 Å². The van der Waals surface area contributed by atoms with Crippen LogP contribution in [0.25, 0.3) is 0 Å². The molecule has 19 heavy (non-hydrogen) atoms. The molecule has 0 saturated heterocycles. The van der Waals surface area contributed by atoms with Crippen molar-refractivity contribution < 1.29 is 14.6 Å². The Bertz CT molecular complexity index is 576. The molecule has 1 atom stereocenters. The van der Waals surface area contributed by atoms with Crippen LogP contribution in [0, 0.1) is 0 Å². The molecule has 2 aromatic rings. The summed E-state index contributed by atoms with van der Waals surface area (Å²) in [6.07, 6.45) is 0.461. The first-order chi connectivity index (χ1) is 9.22. The molecule has 0 fully saturated rings. The third-order valence-corrected chi connectivity index (χ3v) is 2.85. The molecule has 3 heteroatoms. The zero-order chi connectivity index (χ0) is 13.7. The van der Waals surface area contributed by atoms with Crippen molar-refractivity contribution in [3.63, 3.8) is 0 Å². The van der Waals surface area contributed by atoms with Crippen molar-refractivity contribution in [3.05, 3.63) is 78.4 Å². The van der Waals surface area contributed by atoms with Crippen molar-refractivity contribution in [1.82, 2.24) is 0 Å². The predicted octanol–water partition coefficient (Wildman–Crippen LogP) is 4.06. The summed E-state index contributed by atoms with van der Waals surface area (Å²) in [4.78, 5) is 10.7. The lowest BCUT2D eigenvalue weighted by Gasteiger charge is -2.16. The molecule has 0 aliphatic heterocycles. The highest BCUT2D eigenvalue weighted by atomic mass is 16.7. The number of benzene rings is 2. The average molecular weight is 254 g/mol. The first-order valence-electron chi connectivity index (χ1n) is 5.89. The summed E-state index contributed by atoms with van der Waals surface area (Å²) in [6, 6.07) is 16.8. The lowest BCUT2D eigenvalue weighted by Crippen LogP contribution is -2.07. The minimum Gasteiger partial charge on any atom is -0.449 e. The van der Waals surface area contributed by atoms with Crippen molar-refractivity contribution in [2.24, 2.45) is 0 Å². The number of allylic oxidation sites excluding steroid dienone is 1. The van der Waals surface area contributed by atoms with E-state index in [1.165, 1.54) is 0 Å².